The second kappa shape index (κ2) is 6.55. The topological polar surface area (TPSA) is 92.2 Å². The van der Waals surface area contributed by atoms with Crippen LogP contribution < -0.4 is 10.6 Å². The summed E-state index contributed by atoms with van der Waals surface area (Å²) in [6.45, 7) is 5.93. The summed E-state index contributed by atoms with van der Waals surface area (Å²) in [5.41, 5.74) is 0.341. The highest BCUT2D eigenvalue weighted by molar-refractivity contribution is 5.91. The summed E-state index contributed by atoms with van der Waals surface area (Å²) in [7, 11) is 0. The van der Waals surface area contributed by atoms with Crippen molar-refractivity contribution in [3.05, 3.63) is 11.9 Å². The van der Waals surface area contributed by atoms with Crippen LogP contribution in [0.1, 0.15) is 49.6 Å². The third-order valence-corrected chi connectivity index (χ3v) is 4.50. The highest BCUT2D eigenvalue weighted by Crippen LogP contribution is 2.27. The first-order valence-corrected chi connectivity index (χ1v) is 8.32. The maximum absolute atomic E-state index is 11.9. The van der Waals surface area contributed by atoms with Crippen molar-refractivity contribution in [1.29, 1.82) is 0 Å². The standard InChI is InChI=1S/C15H24N6O2/c1-3-10(2)17-15(23)20-7-12(8-20)21-9-13(18-19-21)14(22)16-6-11-4-5-11/h9-12H,3-8H2,1-2H3,(H,16,22)(H,17,23). The summed E-state index contributed by atoms with van der Waals surface area (Å²) >= 11 is 0. The lowest BCUT2D eigenvalue weighted by Gasteiger charge is -2.39. The number of carbonyl (C=O) groups is 2. The van der Waals surface area contributed by atoms with Gasteiger partial charge in [0.05, 0.1) is 12.2 Å². The number of carbonyl (C=O) groups excluding carboxylic acids is 2. The molecule has 3 amide bonds. The summed E-state index contributed by atoms with van der Waals surface area (Å²) in [5.74, 6) is 0.465. The second-order valence-corrected chi connectivity index (χ2v) is 6.55. The van der Waals surface area contributed by atoms with Crippen LogP contribution in [0.5, 0.6) is 0 Å². The van der Waals surface area contributed by atoms with Gasteiger partial charge in [0.25, 0.3) is 5.91 Å². The first-order chi connectivity index (χ1) is 11.1. The van der Waals surface area contributed by atoms with Crippen LogP contribution in [0.3, 0.4) is 0 Å². The van der Waals surface area contributed by atoms with E-state index in [-0.39, 0.29) is 24.0 Å². The van der Waals surface area contributed by atoms with Gasteiger partial charge in [0.1, 0.15) is 0 Å². The minimum Gasteiger partial charge on any atom is -0.350 e. The van der Waals surface area contributed by atoms with Gasteiger partial charge >= 0.3 is 6.03 Å². The Kier molecular flexibility index (Phi) is 4.49. The Hall–Kier alpha value is -2.12. The average Bonchev–Trinajstić information content (AvgIpc) is 3.19. The van der Waals surface area contributed by atoms with Gasteiger partial charge in [0.2, 0.25) is 0 Å². The predicted molar refractivity (Wildman–Crippen MR) is 84.0 cm³/mol. The van der Waals surface area contributed by atoms with Crippen molar-refractivity contribution in [2.45, 2.75) is 45.2 Å². The molecule has 1 unspecified atom stereocenters. The Balaban J connectivity index is 1.46. The van der Waals surface area contributed by atoms with Gasteiger partial charge in [0, 0.05) is 25.7 Å². The number of hydrogen-bond acceptors (Lipinski definition) is 4. The van der Waals surface area contributed by atoms with Crippen LogP contribution in [0.4, 0.5) is 4.79 Å². The van der Waals surface area contributed by atoms with Gasteiger partial charge in [-0.1, -0.05) is 12.1 Å². The van der Waals surface area contributed by atoms with Gasteiger partial charge in [-0.15, -0.1) is 5.10 Å². The van der Waals surface area contributed by atoms with Crippen LogP contribution in [-0.4, -0.2) is 57.5 Å². The third kappa shape index (κ3) is 3.80. The van der Waals surface area contributed by atoms with E-state index in [1.807, 2.05) is 13.8 Å². The van der Waals surface area contributed by atoms with Gasteiger partial charge in [0.15, 0.2) is 5.69 Å². The zero-order valence-electron chi connectivity index (χ0n) is 13.7. The van der Waals surface area contributed by atoms with E-state index in [2.05, 4.69) is 20.9 Å². The summed E-state index contributed by atoms with van der Waals surface area (Å²) in [5, 5.41) is 13.8. The van der Waals surface area contributed by atoms with Crippen LogP contribution in [0.15, 0.2) is 6.20 Å². The van der Waals surface area contributed by atoms with Gasteiger partial charge < -0.3 is 15.5 Å². The number of aromatic nitrogens is 3. The molecule has 0 aromatic carbocycles. The van der Waals surface area contributed by atoms with Crippen molar-refractivity contribution in [3.8, 4) is 0 Å². The number of amides is 3. The molecule has 0 radical (unpaired) electrons. The summed E-state index contributed by atoms with van der Waals surface area (Å²) < 4.78 is 1.68. The molecule has 1 aromatic rings. The smallest absolute Gasteiger partial charge is 0.317 e. The molecule has 3 rings (SSSR count). The first kappa shape index (κ1) is 15.8. The molecule has 1 aliphatic heterocycles. The SMILES string of the molecule is CCC(C)NC(=O)N1CC(n2cc(C(=O)NCC3CC3)nn2)C1. The molecule has 1 atom stereocenters. The Labute approximate surface area is 135 Å². The van der Waals surface area contributed by atoms with Crippen molar-refractivity contribution in [1.82, 2.24) is 30.5 Å². The highest BCUT2D eigenvalue weighted by atomic mass is 16.2. The zero-order valence-corrected chi connectivity index (χ0v) is 13.7. The summed E-state index contributed by atoms with van der Waals surface area (Å²) in [6, 6.07) is 0.225. The summed E-state index contributed by atoms with van der Waals surface area (Å²) in [4.78, 5) is 25.6. The quantitative estimate of drug-likeness (QED) is 0.810. The minimum atomic E-state index is -0.172. The number of urea groups is 1. The minimum absolute atomic E-state index is 0.0434. The van der Waals surface area contributed by atoms with E-state index in [0.29, 0.717) is 24.7 Å². The molecule has 2 N–H and O–H groups in total. The Morgan fingerprint density at radius 1 is 1.39 bits per heavy atom. The van der Waals surface area contributed by atoms with Crippen LogP contribution in [0.25, 0.3) is 0 Å². The lowest BCUT2D eigenvalue weighted by Crippen LogP contribution is -2.55. The number of nitrogens with one attached hydrogen (secondary N) is 2. The molecule has 126 valence electrons. The lowest BCUT2D eigenvalue weighted by molar-refractivity contribution is 0.0946. The van der Waals surface area contributed by atoms with E-state index in [0.717, 1.165) is 13.0 Å². The van der Waals surface area contributed by atoms with Crippen molar-refractivity contribution in [3.63, 3.8) is 0 Å². The normalized spacial score (nSPS) is 19.1. The third-order valence-electron chi connectivity index (χ3n) is 4.50. The van der Waals surface area contributed by atoms with Gasteiger partial charge in [-0.3, -0.25) is 4.79 Å². The molecule has 23 heavy (non-hydrogen) atoms. The first-order valence-electron chi connectivity index (χ1n) is 8.32. The second-order valence-electron chi connectivity index (χ2n) is 6.55. The van der Waals surface area contributed by atoms with Crippen LogP contribution >= 0.6 is 0 Å². The van der Waals surface area contributed by atoms with Crippen LogP contribution in [0, 0.1) is 5.92 Å². The molecule has 8 nitrogen and oxygen atoms in total. The van der Waals surface area contributed by atoms with E-state index in [4.69, 9.17) is 0 Å². The fourth-order valence-electron chi connectivity index (χ4n) is 2.40. The molecule has 0 spiro atoms. The molecular weight excluding hydrogens is 296 g/mol. The van der Waals surface area contributed by atoms with Gasteiger partial charge in [-0.2, -0.15) is 0 Å². The maximum Gasteiger partial charge on any atom is 0.317 e. The fourth-order valence-corrected chi connectivity index (χ4v) is 2.40. The fraction of sp³-hybridized carbons (Fsp3) is 0.733. The van der Waals surface area contributed by atoms with E-state index in [1.54, 1.807) is 15.8 Å². The number of rotatable bonds is 6. The molecule has 0 bridgehead atoms. The van der Waals surface area contributed by atoms with E-state index >= 15 is 0 Å². The van der Waals surface area contributed by atoms with Gasteiger partial charge in [-0.25, -0.2) is 9.48 Å². The number of hydrogen-bond donors (Lipinski definition) is 2. The molecule has 2 fully saturated rings. The zero-order chi connectivity index (χ0) is 16.4. The summed E-state index contributed by atoms with van der Waals surface area (Å²) in [6.07, 6.45) is 4.97. The number of nitrogens with zero attached hydrogens (tertiary/aromatic N) is 4. The highest BCUT2D eigenvalue weighted by Gasteiger charge is 2.33. The van der Waals surface area contributed by atoms with Crippen LogP contribution in [0.2, 0.25) is 0 Å². The maximum atomic E-state index is 11.9. The van der Waals surface area contributed by atoms with Crippen molar-refractivity contribution in [2.24, 2.45) is 5.92 Å². The Morgan fingerprint density at radius 3 is 2.78 bits per heavy atom. The van der Waals surface area contributed by atoms with Crippen molar-refractivity contribution < 1.29 is 9.59 Å². The van der Waals surface area contributed by atoms with E-state index in [9.17, 15) is 9.59 Å². The molecule has 2 aliphatic rings. The molecule has 1 saturated carbocycles. The number of likely N-dealkylation sites (tertiary alicyclic amines) is 1. The van der Waals surface area contributed by atoms with E-state index in [1.165, 1.54) is 12.8 Å². The molecule has 1 aliphatic carbocycles. The Bertz CT molecular complexity index is 576. The van der Waals surface area contributed by atoms with Gasteiger partial charge in [-0.05, 0) is 32.1 Å². The average molecular weight is 320 g/mol. The van der Waals surface area contributed by atoms with E-state index < -0.39 is 0 Å². The lowest BCUT2D eigenvalue weighted by atomic mass is 10.1. The molecule has 1 saturated heterocycles. The van der Waals surface area contributed by atoms with Crippen molar-refractivity contribution in [2.75, 3.05) is 19.6 Å². The molecule has 8 heteroatoms. The monoisotopic (exact) mass is 320 g/mol. The molecular formula is C15H24N6O2. The largest absolute Gasteiger partial charge is 0.350 e. The molecule has 2 heterocycles. The predicted octanol–water partition coefficient (Wildman–Crippen LogP) is 0.783. The van der Waals surface area contributed by atoms with Crippen LogP contribution in [-0.2, 0) is 0 Å². The molecule has 1 aromatic heterocycles. The van der Waals surface area contributed by atoms with Crippen molar-refractivity contribution >= 4 is 11.9 Å². The Morgan fingerprint density at radius 2 is 2.13 bits per heavy atom.